The van der Waals surface area contributed by atoms with Crippen molar-refractivity contribution in [3.8, 4) is 17.1 Å². The average Bonchev–Trinajstić information content (AvgIpc) is 3.10. The van der Waals surface area contributed by atoms with Crippen LogP contribution in [0.15, 0.2) is 66.6 Å². The van der Waals surface area contributed by atoms with E-state index in [-0.39, 0.29) is 11.7 Å². The largest absolute Gasteiger partial charge is 0.352 e. The normalized spacial score (nSPS) is 11.8. The number of benzene rings is 1. The third-order valence-electron chi connectivity index (χ3n) is 3.73. The Morgan fingerprint density at radius 3 is 2.63 bits per heavy atom. The van der Waals surface area contributed by atoms with Crippen molar-refractivity contribution < 1.29 is 9.18 Å². The molecule has 0 aliphatic heterocycles. The Hall–Kier alpha value is -3.00. The molecule has 0 unspecified atom stereocenters. The molecule has 0 radical (unpaired) electrons. The predicted molar refractivity (Wildman–Crippen MR) is 103 cm³/mol. The monoisotopic (exact) mass is 383 g/mol. The first-order chi connectivity index (χ1) is 13.1. The van der Waals surface area contributed by atoms with E-state index in [9.17, 15) is 9.18 Å². The second kappa shape index (κ2) is 8.59. The molecule has 1 atom stereocenters. The van der Waals surface area contributed by atoms with Crippen molar-refractivity contribution in [2.75, 3.05) is 6.54 Å². The Morgan fingerprint density at radius 1 is 1.26 bits per heavy atom. The third-order valence-corrected chi connectivity index (χ3v) is 4.77. The van der Waals surface area contributed by atoms with Crippen molar-refractivity contribution in [3.05, 3.63) is 67.3 Å². The fourth-order valence-corrected chi connectivity index (χ4v) is 3.28. The van der Waals surface area contributed by atoms with E-state index in [1.54, 1.807) is 42.1 Å². The van der Waals surface area contributed by atoms with Gasteiger partial charge in [0.15, 0.2) is 11.0 Å². The van der Waals surface area contributed by atoms with Gasteiger partial charge in [-0.3, -0.25) is 14.3 Å². The Bertz CT molecular complexity index is 927. The van der Waals surface area contributed by atoms with Crippen LogP contribution < -0.4 is 5.32 Å². The molecule has 2 heterocycles. The summed E-state index contributed by atoms with van der Waals surface area (Å²) < 4.78 is 15.2. The Labute approximate surface area is 160 Å². The maximum absolute atomic E-state index is 13.4. The predicted octanol–water partition coefficient (Wildman–Crippen LogP) is 3.25. The van der Waals surface area contributed by atoms with E-state index >= 15 is 0 Å². The molecule has 0 saturated carbocycles. The molecule has 1 N–H and O–H groups in total. The molecule has 1 amide bonds. The van der Waals surface area contributed by atoms with Crippen molar-refractivity contribution in [2.45, 2.75) is 17.3 Å². The number of carbonyl (C=O) groups is 1. The number of rotatable bonds is 7. The number of halogens is 1. The standard InChI is InChI=1S/C19H18FN5OS/c1-3-10-22-18(26)13(2)27-19-24-23-17(14-8-11-21-12-9-14)25(19)16-6-4-15(20)5-7-16/h3-9,11-13H,1,10H2,2H3,(H,22,26)/t13-/m0/s1. The van der Waals surface area contributed by atoms with Crippen LogP contribution in [0.5, 0.6) is 0 Å². The number of amides is 1. The molecule has 27 heavy (non-hydrogen) atoms. The lowest BCUT2D eigenvalue weighted by atomic mass is 10.2. The molecule has 3 rings (SSSR count). The highest BCUT2D eigenvalue weighted by Gasteiger charge is 2.21. The Kier molecular flexibility index (Phi) is 5.97. The van der Waals surface area contributed by atoms with Gasteiger partial charge in [0.1, 0.15) is 5.82 Å². The van der Waals surface area contributed by atoms with Crippen LogP contribution in [0.1, 0.15) is 6.92 Å². The van der Waals surface area contributed by atoms with Gasteiger partial charge in [0.25, 0.3) is 0 Å². The molecule has 0 saturated heterocycles. The van der Waals surface area contributed by atoms with Crippen LogP contribution in [0.25, 0.3) is 17.1 Å². The molecule has 0 aliphatic carbocycles. The van der Waals surface area contributed by atoms with E-state index in [2.05, 4.69) is 27.1 Å². The first-order valence-electron chi connectivity index (χ1n) is 8.27. The van der Waals surface area contributed by atoms with Crippen LogP contribution in [-0.4, -0.2) is 37.5 Å². The van der Waals surface area contributed by atoms with Crippen LogP contribution >= 0.6 is 11.8 Å². The molecule has 0 fully saturated rings. The van der Waals surface area contributed by atoms with Crippen molar-refractivity contribution in [1.82, 2.24) is 25.1 Å². The van der Waals surface area contributed by atoms with Crippen LogP contribution in [0.2, 0.25) is 0 Å². The molecular weight excluding hydrogens is 365 g/mol. The highest BCUT2D eigenvalue weighted by molar-refractivity contribution is 8.00. The number of carbonyl (C=O) groups excluding carboxylic acids is 1. The summed E-state index contributed by atoms with van der Waals surface area (Å²) in [6.07, 6.45) is 4.95. The van der Waals surface area contributed by atoms with Gasteiger partial charge in [-0.15, -0.1) is 16.8 Å². The number of hydrogen-bond acceptors (Lipinski definition) is 5. The number of hydrogen-bond donors (Lipinski definition) is 1. The zero-order valence-corrected chi connectivity index (χ0v) is 15.5. The highest BCUT2D eigenvalue weighted by atomic mass is 32.2. The minimum Gasteiger partial charge on any atom is -0.352 e. The van der Waals surface area contributed by atoms with Gasteiger partial charge in [-0.05, 0) is 43.3 Å². The van der Waals surface area contributed by atoms with Crippen molar-refractivity contribution in [3.63, 3.8) is 0 Å². The van der Waals surface area contributed by atoms with Gasteiger partial charge in [-0.25, -0.2) is 4.39 Å². The van der Waals surface area contributed by atoms with E-state index in [0.717, 1.165) is 5.56 Å². The maximum atomic E-state index is 13.4. The zero-order chi connectivity index (χ0) is 19.2. The summed E-state index contributed by atoms with van der Waals surface area (Å²) in [4.78, 5) is 16.2. The van der Waals surface area contributed by atoms with Gasteiger partial charge in [-0.1, -0.05) is 17.8 Å². The summed E-state index contributed by atoms with van der Waals surface area (Å²) in [5.41, 5.74) is 1.52. The van der Waals surface area contributed by atoms with Gasteiger partial charge in [-0.2, -0.15) is 0 Å². The Morgan fingerprint density at radius 2 is 1.96 bits per heavy atom. The molecule has 138 valence electrons. The maximum Gasteiger partial charge on any atom is 0.233 e. The minimum absolute atomic E-state index is 0.126. The van der Waals surface area contributed by atoms with E-state index in [4.69, 9.17) is 0 Å². The first kappa shape index (κ1) is 18.8. The second-order valence-electron chi connectivity index (χ2n) is 5.65. The highest BCUT2D eigenvalue weighted by Crippen LogP contribution is 2.30. The quantitative estimate of drug-likeness (QED) is 0.501. The lowest BCUT2D eigenvalue weighted by molar-refractivity contribution is -0.120. The first-order valence-corrected chi connectivity index (χ1v) is 9.15. The summed E-state index contributed by atoms with van der Waals surface area (Å²) >= 11 is 1.28. The SMILES string of the molecule is C=CCNC(=O)[C@H](C)Sc1nnc(-c2ccncc2)n1-c1ccc(F)cc1. The van der Waals surface area contributed by atoms with Crippen molar-refractivity contribution in [1.29, 1.82) is 0 Å². The van der Waals surface area contributed by atoms with Gasteiger partial charge in [0, 0.05) is 30.2 Å². The molecule has 3 aromatic rings. The van der Waals surface area contributed by atoms with Crippen LogP contribution in [-0.2, 0) is 4.79 Å². The fraction of sp³-hybridized carbons (Fsp3) is 0.158. The molecule has 8 heteroatoms. The van der Waals surface area contributed by atoms with Gasteiger partial charge in [0.2, 0.25) is 5.91 Å². The lowest BCUT2D eigenvalue weighted by Crippen LogP contribution is -2.31. The summed E-state index contributed by atoms with van der Waals surface area (Å²) in [6, 6.07) is 9.68. The lowest BCUT2D eigenvalue weighted by Gasteiger charge is -2.13. The van der Waals surface area contributed by atoms with E-state index < -0.39 is 5.25 Å². The van der Waals surface area contributed by atoms with Crippen molar-refractivity contribution in [2.24, 2.45) is 0 Å². The van der Waals surface area contributed by atoms with Crippen LogP contribution in [0, 0.1) is 5.82 Å². The van der Waals surface area contributed by atoms with Gasteiger partial charge < -0.3 is 5.32 Å². The van der Waals surface area contributed by atoms with E-state index in [1.807, 2.05) is 12.1 Å². The molecule has 0 spiro atoms. The molecule has 0 aliphatic rings. The fourth-order valence-electron chi connectivity index (χ4n) is 2.39. The number of thioether (sulfide) groups is 1. The number of nitrogens with zero attached hydrogens (tertiary/aromatic N) is 4. The summed E-state index contributed by atoms with van der Waals surface area (Å²) in [6.45, 7) is 5.78. The smallest absolute Gasteiger partial charge is 0.233 e. The average molecular weight is 383 g/mol. The minimum atomic E-state index is -0.390. The molecule has 0 bridgehead atoms. The van der Waals surface area contributed by atoms with E-state index in [0.29, 0.717) is 23.2 Å². The summed E-state index contributed by atoms with van der Waals surface area (Å²) in [7, 11) is 0. The molecule has 2 aromatic heterocycles. The Balaban J connectivity index is 1.99. The summed E-state index contributed by atoms with van der Waals surface area (Å²) in [5.74, 6) is 0.132. The number of aromatic nitrogens is 4. The second-order valence-corrected chi connectivity index (χ2v) is 6.96. The topological polar surface area (TPSA) is 72.7 Å². The van der Waals surface area contributed by atoms with Gasteiger partial charge >= 0.3 is 0 Å². The van der Waals surface area contributed by atoms with Crippen LogP contribution in [0.4, 0.5) is 4.39 Å². The third kappa shape index (κ3) is 4.40. The van der Waals surface area contributed by atoms with Crippen LogP contribution in [0.3, 0.4) is 0 Å². The molecule has 6 nitrogen and oxygen atoms in total. The van der Waals surface area contributed by atoms with Gasteiger partial charge in [0.05, 0.1) is 5.25 Å². The number of nitrogens with one attached hydrogen (secondary N) is 1. The van der Waals surface area contributed by atoms with E-state index in [1.165, 1.54) is 23.9 Å². The number of pyridine rings is 1. The van der Waals surface area contributed by atoms with Crippen molar-refractivity contribution >= 4 is 17.7 Å². The summed E-state index contributed by atoms with van der Waals surface area (Å²) in [5, 5.41) is 11.4. The zero-order valence-electron chi connectivity index (χ0n) is 14.7. The molecular formula is C19H18FN5OS. The molecule has 1 aromatic carbocycles.